The third-order valence-electron chi connectivity index (χ3n) is 4.12. The van der Waals surface area contributed by atoms with E-state index >= 15 is 0 Å². The fourth-order valence-corrected chi connectivity index (χ4v) is 2.83. The molecule has 0 radical (unpaired) electrons. The van der Waals surface area contributed by atoms with Gasteiger partial charge in [-0.1, -0.05) is 48.5 Å². The Kier molecular flexibility index (Phi) is 5.85. The van der Waals surface area contributed by atoms with Crippen molar-refractivity contribution < 1.29 is 14.3 Å². The van der Waals surface area contributed by atoms with Crippen molar-refractivity contribution in [1.82, 2.24) is 5.32 Å². The van der Waals surface area contributed by atoms with Gasteiger partial charge in [0, 0.05) is 19.6 Å². The maximum Gasteiger partial charge on any atom is 0.258 e. The Morgan fingerprint density at radius 2 is 1.92 bits per heavy atom. The van der Waals surface area contributed by atoms with Crippen molar-refractivity contribution in [2.75, 3.05) is 19.8 Å². The molecule has 1 amide bonds. The van der Waals surface area contributed by atoms with Crippen molar-refractivity contribution >= 4 is 5.91 Å². The lowest BCUT2D eigenvalue weighted by Crippen LogP contribution is -2.35. The Morgan fingerprint density at radius 1 is 1.12 bits per heavy atom. The first-order valence-electron chi connectivity index (χ1n) is 8.44. The molecule has 1 fully saturated rings. The van der Waals surface area contributed by atoms with E-state index in [-0.39, 0.29) is 18.6 Å². The molecule has 2 aromatic rings. The molecule has 1 atom stereocenters. The topological polar surface area (TPSA) is 47.6 Å². The number of hydrogen-bond donors (Lipinski definition) is 1. The van der Waals surface area contributed by atoms with Crippen LogP contribution in [0, 0.1) is 0 Å². The van der Waals surface area contributed by atoms with Crippen LogP contribution in [0.25, 0.3) is 0 Å². The molecule has 0 spiro atoms. The Balaban J connectivity index is 1.52. The zero-order valence-electron chi connectivity index (χ0n) is 13.7. The van der Waals surface area contributed by atoms with Crippen molar-refractivity contribution in [3.05, 3.63) is 65.7 Å². The number of rotatable bonds is 7. The monoisotopic (exact) mass is 325 g/mol. The van der Waals surface area contributed by atoms with E-state index in [0.29, 0.717) is 6.54 Å². The Bertz CT molecular complexity index is 651. The standard InChI is InChI=1S/C20H23NO3/c22-20(21-14-18-10-6-12-23-18)15-24-19-11-5-4-9-17(19)13-16-7-2-1-3-8-16/h1-5,7-9,11,18H,6,10,12-15H2,(H,21,22). The lowest BCUT2D eigenvalue weighted by atomic mass is 10.0. The van der Waals surface area contributed by atoms with E-state index in [2.05, 4.69) is 17.4 Å². The number of nitrogens with one attached hydrogen (secondary N) is 1. The van der Waals surface area contributed by atoms with Gasteiger partial charge in [0.05, 0.1) is 6.10 Å². The van der Waals surface area contributed by atoms with Gasteiger partial charge in [0.1, 0.15) is 5.75 Å². The van der Waals surface area contributed by atoms with Gasteiger partial charge in [-0.05, 0) is 30.0 Å². The molecule has 4 heteroatoms. The fraction of sp³-hybridized carbons (Fsp3) is 0.350. The van der Waals surface area contributed by atoms with Crippen LogP contribution < -0.4 is 10.1 Å². The van der Waals surface area contributed by atoms with Gasteiger partial charge >= 0.3 is 0 Å². The van der Waals surface area contributed by atoms with Crippen molar-refractivity contribution in [2.24, 2.45) is 0 Å². The van der Waals surface area contributed by atoms with Crippen LogP contribution >= 0.6 is 0 Å². The van der Waals surface area contributed by atoms with Gasteiger partial charge in [-0.3, -0.25) is 4.79 Å². The number of amides is 1. The van der Waals surface area contributed by atoms with Crippen LogP contribution in [0.3, 0.4) is 0 Å². The third-order valence-corrected chi connectivity index (χ3v) is 4.12. The Hall–Kier alpha value is -2.33. The van der Waals surface area contributed by atoms with E-state index < -0.39 is 0 Å². The molecule has 1 heterocycles. The van der Waals surface area contributed by atoms with E-state index in [0.717, 1.165) is 37.2 Å². The highest BCUT2D eigenvalue weighted by atomic mass is 16.5. The van der Waals surface area contributed by atoms with Crippen LogP contribution in [0.15, 0.2) is 54.6 Å². The minimum atomic E-state index is -0.111. The van der Waals surface area contributed by atoms with E-state index in [1.54, 1.807) is 0 Å². The Labute approximate surface area is 142 Å². The van der Waals surface area contributed by atoms with Gasteiger partial charge in [0.15, 0.2) is 6.61 Å². The third kappa shape index (κ3) is 4.83. The molecule has 1 saturated heterocycles. The van der Waals surface area contributed by atoms with Crippen molar-refractivity contribution in [3.63, 3.8) is 0 Å². The number of carbonyl (C=O) groups excluding carboxylic acids is 1. The number of carbonyl (C=O) groups is 1. The first kappa shape index (κ1) is 16.5. The molecule has 2 aromatic carbocycles. The summed E-state index contributed by atoms with van der Waals surface area (Å²) in [7, 11) is 0. The quantitative estimate of drug-likeness (QED) is 0.851. The fourth-order valence-electron chi connectivity index (χ4n) is 2.83. The van der Waals surface area contributed by atoms with Gasteiger partial charge in [-0.2, -0.15) is 0 Å². The lowest BCUT2D eigenvalue weighted by Gasteiger charge is -2.13. The number of hydrogen-bond acceptors (Lipinski definition) is 3. The summed E-state index contributed by atoms with van der Waals surface area (Å²) in [5.41, 5.74) is 2.30. The van der Waals surface area contributed by atoms with E-state index in [1.165, 1.54) is 5.56 Å². The highest BCUT2D eigenvalue weighted by Gasteiger charge is 2.16. The van der Waals surface area contributed by atoms with Gasteiger partial charge in [0.25, 0.3) is 5.91 Å². The van der Waals surface area contributed by atoms with Crippen LogP contribution in [-0.4, -0.2) is 31.8 Å². The molecule has 1 aliphatic heterocycles. The second kappa shape index (κ2) is 8.50. The molecule has 1 N–H and O–H groups in total. The van der Waals surface area contributed by atoms with Crippen LogP contribution in [0.2, 0.25) is 0 Å². The van der Waals surface area contributed by atoms with Crippen molar-refractivity contribution in [3.8, 4) is 5.75 Å². The van der Waals surface area contributed by atoms with Crippen LogP contribution in [0.1, 0.15) is 24.0 Å². The normalized spacial score (nSPS) is 16.8. The predicted molar refractivity (Wildman–Crippen MR) is 93.2 cm³/mol. The van der Waals surface area contributed by atoms with Crippen molar-refractivity contribution in [1.29, 1.82) is 0 Å². The molecule has 0 aliphatic carbocycles. The zero-order chi connectivity index (χ0) is 16.6. The second-order valence-corrected chi connectivity index (χ2v) is 6.00. The summed E-state index contributed by atoms with van der Waals surface area (Å²) in [5, 5.41) is 2.88. The summed E-state index contributed by atoms with van der Waals surface area (Å²) in [4.78, 5) is 12.0. The first-order valence-corrected chi connectivity index (χ1v) is 8.44. The summed E-state index contributed by atoms with van der Waals surface area (Å²) in [6.45, 7) is 1.39. The molecular formula is C20H23NO3. The summed E-state index contributed by atoms with van der Waals surface area (Å²) < 4.78 is 11.2. The van der Waals surface area contributed by atoms with Crippen LogP contribution in [0.5, 0.6) is 5.75 Å². The molecule has 0 bridgehead atoms. The van der Waals surface area contributed by atoms with Crippen LogP contribution in [0.4, 0.5) is 0 Å². The lowest BCUT2D eigenvalue weighted by molar-refractivity contribution is -0.123. The molecule has 1 unspecified atom stereocenters. The number of ether oxygens (including phenoxy) is 2. The maximum absolute atomic E-state index is 12.0. The van der Waals surface area contributed by atoms with Gasteiger partial charge in [-0.25, -0.2) is 0 Å². The molecule has 1 aliphatic rings. The molecule has 24 heavy (non-hydrogen) atoms. The minimum Gasteiger partial charge on any atom is -0.483 e. The average Bonchev–Trinajstić information content (AvgIpc) is 3.14. The molecule has 0 saturated carbocycles. The van der Waals surface area contributed by atoms with Gasteiger partial charge < -0.3 is 14.8 Å². The zero-order valence-corrected chi connectivity index (χ0v) is 13.7. The first-order chi connectivity index (χ1) is 11.8. The molecule has 3 rings (SSSR count). The minimum absolute atomic E-state index is 0.0263. The summed E-state index contributed by atoms with van der Waals surface area (Å²) >= 11 is 0. The SMILES string of the molecule is O=C(COc1ccccc1Cc1ccccc1)NCC1CCCO1. The van der Waals surface area contributed by atoms with Gasteiger partial charge in [0.2, 0.25) is 0 Å². The number of para-hydroxylation sites is 1. The van der Waals surface area contributed by atoms with Gasteiger partial charge in [-0.15, -0.1) is 0 Å². The molecule has 0 aromatic heterocycles. The smallest absolute Gasteiger partial charge is 0.258 e. The summed E-state index contributed by atoms with van der Waals surface area (Å²) in [6, 6.07) is 18.1. The highest BCUT2D eigenvalue weighted by Crippen LogP contribution is 2.21. The van der Waals surface area contributed by atoms with E-state index in [1.807, 2.05) is 42.5 Å². The summed E-state index contributed by atoms with van der Waals surface area (Å²) in [6.07, 6.45) is 3.03. The molecular weight excluding hydrogens is 302 g/mol. The summed E-state index contributed by atoms with van der Waals surface area (Å²) in [5.74, 6) is 0.647. The Morgan fingerprint density at radius 3 is 2.71 bits per heavy atom. The largest absolute Gasteiger partial charge is 0.483 e. The van der Waals surface area contributed by atoms with E-state index in [9.17, 15) is 4.79 Å². The van der Waals surface area contributed by atoms with Crippen LogP contribution in [-0.2, 0) is 16.0 Å². The molecule has 4 nitrogen and oxygen atoms in total. The highest BCUT2D eigenvalue weighted by molar-refractivity contribution is 5.77. The average molecular weight is 325 g/mol. The predicted octanol–water partition coefficient (Wildman–Crippen LogP) is 2.95. The van der Waals surface area contributed by atoms with E-state index in [4.69, 9.17) is 9.47 Å². The van der Waals surface area contributed by atoms with Crippen molar-refractivity contribution in [2.45, 2.75) is 25.4 Å². The maximum atomic E-state index is 12.0. The second-order valence-electron chi connectivity index (χ2n) is 6.00. The number of benzene rings is 2. The molecule has 126 valence electrons.